The van der Waals surface area contributed by atoms with Crippen LogP contribution in [0.5, 0.6) is 0 Å². The van der Waals surface area contributed by atoms with Crippen molar-refractivity contribution in [3.63, 3.8) is 0 Å². The molecule has 1 amide bonds. The van der Waals surface area contributed by atoms with E-state index in [1.54, 1.807) is 50.2 Å². The summed E-state index contributed by atoms with van der Waals surface area (Å²) in [4.78, 5) is 13.6. The number of rotatable bonds is 5. The van der Waals surface area contributed by atoms with E-state index >= 15 is 0 Å². The van der Waals surface area contributed by atoms with Crippen LogP contribution >= 0.6 is 0 Å². The minimum atomic E-state index is -3.75. The molecule has 0 spiro atoms. The maximum Gasteiger partial charge on any atom is 0.276 e. The highest BCUT2D eigenvalue weighted by molar-refractivity contribution is 7.89. The van der Waals surface area contributed by atoms with Crippen molar-refractivity contribution in [3.8, 4) is 0 Å². The lowest BCUT2D eigenvalue weighted by atomic mass is 10.1. The number of nitrogens with one attached hydrogen (secondary N) is 2. The highest BCUT2D eigenvalue weighted by Gasteiger charge is 2.16. The molecule has 2 aromatic rings. The average Bonchev–Trinajstić information content (AvgIpc) is 2.54. The summed E-state index contributed by atoms with van der Waals surface area (Å²) in [5, 5.41) is 6.68. The Morgan fingerprint density at radius 1 is 1.04 bits per heavy atom. The Labute approximate surface area is 148 Å². The van der Waals surface area contributed by atoms with Crippen molar-refractivity contribution in [3.05, 3.63) is 59.2 Å². The van der Waals surface area contributed by atoms with Crippen LogP contribution in [0, 0.1) is 13.8 Å². The molecule has 0 aromatic heterocycles. The molecule has 2 rings (SSSR count). The molecule has 132 valence electrons. The molecule has 0 saturated heterocycles. The monoisotopic (exact) mass is 359 g/mol. The summed E-state index contributed by atoms with van der Waals surface area (Å²) in [6.45, 7) is 6.69. The molecular formula is C18H21N3O3S. The van der Waals surface area contributed by atoms with Crippen LogP contribution in [0.15, 0.2) is 52.5 Å². The zero-order valence-corrected chi connectivity index (χ0v) is 15.4. The Bertz CT molecular complexity index is 934. The molecule has 0 atom stereocenters. The number of hydrogen-bond donors (Lipinski definition) is 2. The first-order valence-electron chi connectivity index (χ1n) is 7.70. The predicted molar refractivity (Wildman–Crippen MR) is 99.2 cm³/mol. The van der Waals surface area contributed by atoms with E-state index in [1.807, 2.05) is 13.0 Å². The standard InChI is InChI=1S/C18H21N3O3S/c1-12-8-9-13(2)18(10-12)25(23,24)21-20-14(3)16-6-5-7-17(11-16)19-15(4)22/h5-11,21H,1-4H3,(H,19,22)/b20-14-. The van der Waals surface area contributed by atoms with Gasteiger partial charge in [0.2, 0.25) is 5.91 Å². The summed E-state index contributed by atoms with van der Waals surface area (Å²) < 4.78 is 25.0. The minimum Gasteiger partial charge on any atom is -0.326 e. The van der Waals surface area contributed by atoms with Crippen molar-refractivity contribution in [1.82, 2.24) is 4.83 Å². The number of benzene rings is 2. The number of nitrogens with zero attached hydrogens (tertiary/aromatic N) is 1. The van der Waals surface area contributed by atoms with Gasteiger partial charge in [-0.3, -0.25) is 4.79 Å². The zero-order valence-electron chi connectivity index (χ0n) is 14.6. The number of hydrogen-bond acceptors (Lipinski definition) is 4. The van der Waals surface area contributed by atoms with Gasteiger partial charge in [-0.25, -0.2) is 0 Å². The van der Waals surface area contributed by atoms with Crippen LogP contribution in [0.4, 0.5) is 5.69 Å². The van der Waals surface area contributed by atoms with Crippen molar-refractivity contribution >= 4 is 27.3 Å². The maximum absolute atomic E-state index is 12.5. The molecule has 25 heavy (non-hydrogen) atoms. The van der Waals surface area contributed by atoms with Gasteiger partial charge < -0.3 is 5.32 Å². The quantitative estimate of drug-likeness (QED) is 0.635. The van der Waals surface area contributed by atoms with Gasteiger partial charge in [-0.1, -0.05) is 24.3 Å². The number of amides is 1. The van der Waals surface area contributed by atoms with Crippen molar-refractivity contribution in [2.75, 3.05) is 5.32 Å². The lowest BCUT2D eigenvalue weighted by Crippen LogP contribution is -2.21. The van der Waals surface area contributed by atoms with Gasteiger partial charge in [0.15, 0.2) is 0 Å². The highest BCUT2D eigenvalue weighted by atomic mass is 32.2. The van der Waals surface area contributed by atoms with Crippen molar-refractivity contribution in [1.29, 1.82) is 0 Å². The number of sulfonamides is 1. The van der Waals surface area contributed by atoms with E-state index in [2.05, 4.69) is 15.2 Å². The number of carbonyl (C=O) groups excluding carboxylic acids is 1. The van der Waals surface area contributed by atoms with Crippen LogP contribution in [0.2, 0.25) is 0 Å². The lowest BCUT2D eigenvalue weighted by molar-refractivity contribution is -0.114. The van der Waals surface area contributed by atoms with E-state index in [-0.39, 0.29) is 10.8 Å². The molecule has 0 bridgehead atoms. The molecule has 0 saturated carbocycles. The maximum atomic E-state index is 12.5. The van der Waals surface area contributed by atoms with Gasteiger partial charge in [0.05, 0.1) is 10.6 Å². The summed E-state index contributed by atoms with van der Waals surface area (Å²) in [5.74, 6) is -0.178. The van der Waals surface area contributed by atoms with Crippen LogP contribution in [-0.4, -0.2) is 20.0 Å². The Kier molecular flexibility index (Phi) is 5.58. The molecule has 6 nitrogen and oxygen atoms in total. The van der Waals surface area contributed by atoms with Crippen molar-refractivity contribution in [2.24, 2.45) is 5.10 Å². The SMILES string of the molecule is CC(=O)Nc1cccc(/C(C)=N\NS(=O)(=O)c2cc(C)ccc2C)c1. The Balaban J connectivity index is 2.26. The second-order valence-corrected chi connectivity index (χ2v) is 7.45. The van der Waals surface area contributed by atoms with Crippen molar-refractivity contribution in [2.45, 2.75) is 32.6 Å². The van der Waals surface area contributed by atoms with Crippen LogP contribution < -0.4 is 10.1 Å². The molecular weight excluding hydrogens is 338 g/mol. The van der Waals surface area contributed by atoms with Crippen LogP contribution in [-0.2, 0) is 14.8 Å². The fourth-order valence-corrected chi connectivity index (χ4v) is 3.45. The third kappa shape index (κ3) is 4.90. The van der Waals surface area contributed by atoms with E-state index in [9.17, 15) is 13.2 Å². The normalized spacial score (nSPS) is 11.9. The average molecular weight is 359 g/mol. The number of hydrazone groups is 1. The topological polar surface area (TPSA) is 87.6 Å². The molecule has 0 aliphatic rings. The Morgan fingerprint density at radius 2 is 1.76 bits per heavy atom. The van der Waals surface area contributed by atoms with Crippen LogP contribution in [0.3, 0.4) is 0 Å². The smallest absolute Gasteiger partial charge is 0.276 e. The molecule has 0 aliphatic heterocycles. The number of carbonyl (C=O) groups is 1. The largest absolute Gasteiger partial charge is 0.326 e. The van der Waals surface area contributed by atoms with Crippen molar-refractivity contribution < 1.29 is 13.2 Å². The Hall–Kier alpha value is -2.67. The molecule has 0 heterocycles. The van der Waals surface area contributed by atoms with Gasteiger partial charge >= 0.3 is 0 Å². The van der Waals surface area contributed by atoms with Crippen LogP contribution in [0.25, 0.3) is 0 Å². The first-order valence-corrected chi connectivity index (χ1v) is 9.19. The van der Waals surface area contributed by atoms with Crippen LogP contribution in [0.1, 0.15) is 30.5 Å². The van der Waals surface area contributed by atoms with Gasteiger partial charge in [-0.05, 0) is 55.7 Å². The summed E-state index contributed by atoms with van der Waals surface area (Å²) in [7, 11) is -3.75. The van der Waals surface area contributed by atoms with Gasteiger partial charge in [0, 0.05) is 12.6 Å². The summed E-state index contributed by atoms with van der Waals surface area (Å²) in [6, 6.07) is 12.3. The first-order chi connectivity index (χ1) is 11.7. The first kappa shape index (κ1) is 18.7. The molecule has 0 unspecified atom stereocenters. The molecule has 0 fully saturated rings. The number of aryl methyl sites for hydroxylation is 2. The zero-order chi connectivity index (χ0) is 18.6. The molecule has 0 aliphatic carbocycles. The molecule has 2 aromatic carbocycles. The predicted octanol–water partition coefficient (Wildman–Crippen LogP) is 2.96. The second kappa shape index (κ2) is 7.48. The van der Waals surface area contributed by atoms with Gasteiger partial charge in [0.1, 0.15) is 0 Å². The third-order valence-electron chi connectivity index (χ3n) is 3.57. The van der Waals surface area contributed by atoms with E-state index < -0.39 is 10.0 Å². The van der Waals surface area contributed by atoms with E-state index in [4.69, 9.17) is 0 Å². The molecule has 7 heteroatoms. The van der Waals surface area contributed by atoms with E-state index in [1.165, 1.54) is 6.92 Å². The fraction of sp³-hybridized carbons (Fsp3) is 0.222. The van der Waals surface area contributed by atoms with Gasteiger partial charge in [-0.2, -0.15) is 18.4 Å². The number of anilines is 1. The van der Waals surface area contributed by atoms with Gasteiger partial charge in [-0.15, -0.1) is 0 Å². The van der Waals surface area contributed by atoms with E-state index in [0.29, 0.717) is 22.5 Å². The highest BCUT2D eigenvalue weighted by Crippen LogP contribution is 2.17. The molecule has 2 N–H and O–H groups in total. The molecule has 0 radical (unpaired) electrons. The minimum absolute atomic E-state index is 0.178. The summed E-state index contributed by atoms with van der Waals surface area (Å²) in [5.41, 5.74) is 3.32. The Morgan fingerprint density at radius 3 is 2.44 bits per heavy atom. The fourth-order valence-electron chi connectivity index (χ4n) is 2.26. The van der Waals surface area contributed by atoms with Gasteiger partial charge in [0.25, 0.3) is 10.0 Å². The summed E-state index contributed by atoms with van der Waals surface area (Å²) >= 11 is 0. The third-order valence-corrected chi connectivity index (χ3v) is 4.92. The summed E-state index contributed by atoms with van der Waals surface area (Å²) in [6.07, 6.45) is 0. The second-order valence-electron chi connectivity index (χ2n) is 5.82. The lowest BCUT2D eigenvalue weighted by Gasteiger charge is -2.09. The van der Waals surface area contributed by atoms with E-state index in [0.717, 1.165) is 5.56 Å².